The van der Waals surface area contributed by atoms with Crippen molar-refractivity contribution in [2.24, 2.45) is 0 Å². The molecule has 0 amide bonds. The molecule has 0 aromatic heterocycles. The van der Waals surface area contributed by atoms with E-state index in [9.17, 15) is 25.0 Å². The fourth-order valence-electron chi connectivity index (χ4n) is 1.55. The Hall–Kier alpha value is -2.35. The highest BCUT2D eigenvalue weighted by Crippen LogP contribution is 2.25. The largest absolute Gasteiger partial charge is 0.377 e. The summed E-state index contributed by atoms with van der Waals surface area (Å²) in [6.07, 6.45) is 0.239. The number of carbonyl (C=O) groups is 1. The first-order valence-electron chi connectivity index (χ1n) is 5.38. The molecule has 8 heteroatoms. The highest BCUT2D eigenvalue weighted by Gasteiger charge is 2.19. The van der Waals surface area contributed by atoms with E-state index in [0.29, 0.717) is 5.56 Å². The van der Waals surface area contributed by atoms with Gasteiger partial charge in [-0.3, -0.25) is 25.0 Å². The van der Waals surface area contributed by atoms with Crippen LogP contribution in [0.2, 0.25) is 0 Å². The molecule has 1 aromatic rings. The smallest absolute Gasteiger partial charge is 0.279 e. The lowest BCUT2D eigenvalue weighted by Crippen LogP contribution is -2.08. The molecule has 0 atom stereocenters. The first kappa shape index (κ1) is 14.7. The number of benzene rings is 1. The van der Waals surface area contributed by atoms with E-state index >= 15 is 0 Å². The Bertz CT molecular complexity index is 514. The maximum atomic E-state index is 11.3. The maximum absolute atomic E-state index is 11.3. The number of rotatable bonds is 7. The van der Waals surface area contributed by atoms with Crippen molar-refractivity contribution in [3.05, 3.63) is 44.0 Å². The van der Waals surface area contributed by atoms with Crippen molar-refractivity contribution in [3.8, 4) is 0 Å². The van der Waals surface area contributed by atoms with E-state index < -0.39 is 9.85 Å². The fourth-order valence-corrected chi connectivity index (χ4v) is 1.55. The number of hydrogen-bond acceptors (Lipinski definition) is 6. The van der Waals surface area contributed by atoms with Crippen LogP contribution in [-0.2, 0) is 16.0 Å². The Balaban J connectivity index is 2.91. The lowest BCUT2D eigenvalue weighted by Gasteiger charge is -2.02. The number of methoxy groups -OCH3 is 1. The quantitative estimate of drug-likeness (QED) is 0.548. The van der Waals surface area contributed by atoms with Crippen molar-refractivity contribution >= 4 is 17.2 Å². The van der Waals surface area contributed by atoms with Gasteiger partial charge in [0, 0.05) is 25.2 Å². The molecule has 1 rings (SSSR count). The second-order valence-corrected chi connectivity index (χ2v) is 3.80. The number of aryl methyl sites for hydroxylation is 1. The molecule has 0 aliphatic carbocycles. The minimum atomic E-state index is -0.702. The van der Waals surface area contributed by atoms with Gasteiger partial charge < -0.3 is 4.74 Å². The number of ether oxygens (including phenoxy) is 1. The van der Waals surface area contributed by atoms with Gasteiger partial charge in [0.1, 0.15) is 6.61 Å². The monoisotopic (exact) mass is 268 g/mol. The van der Waals surface area contributed by atoms with Crippen LogP contribution in [0, 0.1) is 20.2 Å². The van der Waals surface area contributed by atoms with Crippen LogP contribution in [0.15, 0.2) is 18.2 Å². The Morgan fingerprint density at radius 1 is 1.26 bits per heavy atom. The van der Waals surface area contributed by atoms with E-state index in [1.165, 1.54) is 19.2 Å². The molecule has 0 aliphatic rings. The summed E-state index contributed by atoms with van der Waals surface area (Å²) in [4.78, 5) is 31.3. The summed E-state index contributed by atoms with van der Waals surface area (Å²) in [7, 11) is 1.38. The number of non-ortho nitro benzene ring substituents is 1. The standard InChI is InChI=1S/C11H12N2O6/c1-19-7-10(14)5-3-8-2-4-9(12(15)16)6-11(8)13(17)18/h2,4,6H,3,5,7H2,1H3. The first-order chi connectivity index (χ1) is 8.95. The SMILES string of the molecule is COCC(=O)CCc1ccc([N+](=O)[O-])cc1[N+](=O)[O-]. The van der Waals surface area contributed by atoms with Crippen LogP contribution in [0.4, 0.5) is 11.4 Å². The van der Waals surface area contributed by atoms with Crippen LogP contribution in [0.3, 0.4) is 0 Å². The third kappa shape index (κ3) is 4.11. The summed E-state index contributed by atoms with van der Waals surface area (Å²) in [6.45, 7) is -0.0548. The van der Waals surface area contributed by atoms with Crippen molar-refractivity contribution < 1.29 is 19.4 Å². The lowest BCUT2D eigenvalue weighted by molar-refractivity contribution is -0.394. The predicted octanol–water partition coefficient (Wildman–Crippen LogP) is 1.65. The number of carbonyl (C=O) groups excluding carboxylic acids is 1. The highest BCUT2D eigenvalue weighted by molar-refractivity contribution is 5.80. The van der Waals surface area contributed by atoms with Crippen molar-refractivity contribution in [3.63, 3.8) is 0 Å². The minimum Gasteiger partial charge on any atom is -0.377 e. The van der Waals surface area contributed by atoms with Crippen LogP contribution in [0.1, 0.15) is 12.0 Å². The molecule has 0 N–H and O–H groups in total. The van der Waals surface area contributed by atoms with Gasteiger partial charge in [-0.15, -0.1) is 0 Å². The average Bonchev–Trinajstić information content (AvgIpc) is 2.36. The molecule has 0 fully saturated rings. The summed E-state index contributed by atoms with van der Waals surface area (Å²) in [5, 5.41) is 21.4. The van der Waals surface area contributed by atoms with Gasteiger partial charge in [0.25, 0.3) is 11.4 Å². The van der Waals surface area contributed by atoms with E-state index in [2.05, 4.69) is 4.74 Å². The molecule has 0 radical (unpaired) electrons. The predicted molar refractivity (Wildman–Crippen MR) is 65.0 cm³/mol. The number of ketones is 1. The molecule has 19 heavy (non-hydrogen) atoms. The van der Waals surface area contributed by atoms with Gasteiger partial charge >= 0.3 is 0 Å². The van der Waals surface area contributed by atoms with Crippen LogP contribution in [0.5, 0.6) is 0 Å². The minimum absolute atomic E-state index is 0.0548. The molecular weight excluding hydrogens is 256 g/mol. The molecule has 0 heterocycles. The molecule has 8 nitrogen and oxygen atoms in total. The number of Topliss-reactive ketones (excluding diaryl/α,β-unsaturated/α-hetero) is 1. The van der Waals surface area contributed by atoms with E-state index in [0.717, 1.165) is 6.07 Å². The second-order valence-electron chi connectivity index (χ2n) is 3.80. The zero-order chi connectivity index (χ0) is 14.4. The zero-order valence-electron chi connectivity index (χ0n) is 10.2. The second kappa shape index (κ2) is 6.55. The number of hydrogen-bond donors (Lipinski definition) is 0. The molecule has 0 saturated heterocycles. The van der Waals surface area contributed by atoms with Crippen molar-refractivity contribution in [2.75, 3.05) is 13.7 Å². The third-order valence-electron chi connectivity index (χ3n) is 2.45. The van der Waals surface area contributed by atoms with Crippen LogP contribution in [-0.4, -0.2) is 29.3 Å². The molecule has 1 aromatic carbocycles. The molecule has 0 bridgehead atoms. The molecular formula is C11H12N2O6. The van der Waals surface area contributed by atoms with Gasteiger partial charge in [0.05, 0.1) is 15.9 Å². The van der Waals surface area contributed by atoms with Crippen LogP contribution < -0.4 is 0 Å². The molecule has 0 spiro atoms. The Kier molecular flexibility index (Phi) is 5.07. The normalized spacial score (nSPS) is 10.2. The van der Waals surface area contributed by atoms with Gasteiger partial charge in [-0.05, 0) is 12.5 Å². The topological polar surface area (TPSA) is 113 Å². The van der Waals surface area contributed by atoms with Gasteiger partial charge in [0.15, 0.2) is 5.78 Å². The van der Waals surface area contributed by atoms with Crippen molar-refractivity contribution in [1.82, 2.24) is 0 Å². The maximum Gasteiger partial charge on any atom is 0.279 e. The van der Waals surface area contributed by atoms with Gasteiger partial charge in [0.2, 0.25) is 0 Å². The number of nitrogens with zero attached hydrogens (tertiary/aromatic N) is 2. The van der Waals surface area contributed by atoms with Crippen molar-refractivity contribution in [1.29, 1.82) is 0 Å². The summed E-state index contributed by atoms with van der Waals surface area (Å²) in [5.41, 5.74) is -0.405. The number of nitro groups is 2. The fraction of sp³-hybridized carbons (Fsp3) is 0.364. The molecule has 0 saturated carbocycles. The van der Waals surface area contributed by atoms with Gasteiger partial charge in [-0.2, -0.15) is 0 Å². The van der Waals surface area contributed by atoms with E-state index in [1.807, 2.05) is 0 Å². The van der Waals surface area contributed by atoms with Crippen LogP contribution in [0.25, 0.3) is 0 Å². The van der Waals surface area contributed by atoms with E-state index in [1.54, 1.807) is 0 Å². The molecule has 0 aliphatic heterocycles. The first-order valence-corrected chi connectivity index (χ1v) is 5.38. The molecule has 102 valence electrons. The van der Waals surface area contributed by atoms with Gasteiger partial charge in [-0.1, -0.05) is 0 Å². The van der Waals surface area contributed by atoms with Crippen molar-refractivity contribution in [2.45, 2.75) is 12.8 Å². The third-order valence-corrected chi connectivity index (χ3v) is 2.45. The number of nitro benzene ring substituents is 2. The summed E-state index contributed by atoms with van der Waals surface area (Å²) in [6, 6.07) is 3.38. The molecule has 0 unspecified atom stereocenters. The summed E-state index contributed by atoms with van der Waals surface area (Å²) >= 11 is 0. The lowest BCUT2D eigenvalue weighted by atomic mass is 10.1. The summed E-state index contributed by atoms with van der Waals surface area (Å²) < 4.78 is 4.65. The van der Waals surface area contributed by atoms with Crippen LogP contribution >= 0.6 is 0 Å². The van der Waals surface area contributed by atoms with E-state index in [-0.39, 0.29) is 36.6 Å². The highest BCUT2D eigenvalue weighted by atomic mass is 16.6. The Morgan fingerprint density at radius 2 is 1.95 bits per heavy atom. The van der Waals surface area contributed by atoms with Gasteiger partial charge in [-0.25, -0.2) is 0 Å². The Morgan fingerprint density at radius 3 is 2.47 bits per heavy atom. The summed E-state index contributed by atoms with van der Waals surface area (Å²) in [5.74, 6) is -0.185. The Labute approximate surface area is 108 Å². The zero-order valence-corrected chi connectivity index (χ0v) is 10.2. The van der Waals surface area contributed by atoms with E-state index in [4.69, 9.17) is 0 Å². The average molecular weight is 268 g/mol.